The monoisotopic (exact) mass is 388 g/mol. The van der Waals surface area contributed by atoms with Crippen molar-refractivity contribution in [2.75, 3.05) is 12.4 Å². The number of esters is 1. The van der Waals surface area contributed by atoms with Gasteiger partial charge in [-0.15, -0.1) is 0 Å². The Morgan fingerprint density at radius 3 is 2.52 bits per heavy atom. The minimum Gasteiger partial charge on any atom is -0.465 e. The van der Waals surface area contributed by atoms with E-state index in [9.17, 15) is 9.59 Å². The van der Waals surface area contributed by atoms with E-state index in [1.165, 1.54) is 13.2 Å². The summed E-state index contributed by atoms with van der Waals surface area (Å²) in [5.74, 6) is 0.678. The van der Waals surface area contributed by atoms with E-state index in [0.29, 0.717) is 22.7 Å². The maximum Gasteiger partial charge on any atom is 0.337 e. The van der Waals surface area contributed by atoms with Crippen LogP contribution in [-0.2, 0) is 9.53 Å². The Hall–Kier alpha value is -3.93. The topological polar surface area (TPSA) is 77.5 Å². The zero-order chi connectivity index (χ0) is 20.6. The third-order valence-electron chi connectivity index (χ3n) is 4.06. The van der Waals surface area contributed by atoms with E-state index in [4.69, 9.17) is 4.74 Å². The molecule has 0 fully saturated rings. The summed E-state index contributed by atoms with van der Waals surface area (Å²) in [5, 5.41) is 2.82. The van der Waals surface area contributed by atoms with Gasteiger partial charge in [0.25, 0.3) is 0 Å². The number of amides is 1. The molecule has 0 aliphatic carbocycles. The lowest BCUT2D eigenvalue weighted by Crippen LogP contribution is -2.08. The Balaban J connectivity index is 1.61. The highest BCUT2D eigenvalue weighted by Crippen LogP contribution is 2.26. The number of aromatic nitrogens is 1. The van der Waals surface area contributed by atoms with Crippen molar-refractivity contribution >= 4 is 23.6 Å². The molecule has 0 spiro atoms. The molecule has 3 rings (SSSR count). The number of hydrogen-bond donors (Lipinski definition) is 1. The molecule has 0 atom stereocenters. The Bertz CT molecular complexity index is 1030. The van der Waals surface area contributed by atoms with Crippen LogP contribution in [0.4, 0.5) is 5.69 Å². The smallest absolute Gasteiger partial charge is 0.337 e. The predicted molar refractivity (Wildman–Crippen MR) is 111 cm³/mol. The van der Waals surface area contributed by atoms with E-state index in [0.717, 1.165) is 11.1 Å². The highest BCUT2D eigenvalue weighted by Gasteiger charge is 2.06. The van der Waals surface area contributed by atoms with Gasteiger partial charge in [-0.3, -0.25) is 9.78 Å². The number of ether oxygens (including phenoxy) is 2. The van der Waals surface area contributed by atoms with Crippen LogP contribution in [0.3, 0.4) is 0 Å². The lowest BCUT2D eigenvalue weighted by molar-refractivity contribution is -0.111. The third kappa shape index (κ3) is 5.52. The van der Waals surface area contributed by atoms with Gasteiger partial charge in [-0.05, 0) is 66.6 Å². The van der Waals surface area contributed by atoms with Crippen molar-refractivity contribution in [1.29, 1.82) is 0 Å². The number of methoxy groups -OCH3 is 1. The molecule has 2 aromatic carbocycles. The van der Waals surface area contributed by atoms with E-state index in [1.54, 1.807) is 60.9 Å². The highest BCUT2D eigenvalue weighted by molar-refractivity contribution is 6.02. The molecule has 0 aliphatic rings. The summed E-state index contributed by atoms with van der Waals surface area (Å²) in [6.07, 6.45) is 6.42. The van der Waals surface area contributed by atoms with Gasteiger partial charge in [0.1, 0.15) is 11.5 Å². The fraction of sp³-hybridized carbons (Fsp3) is 0.0870. The predicted octanol–water partition coefficient (Wildman–Crippen LogP) is 4.62. The Kier molecular flexibility index (Phi) is 6.37. The van der Waals surface area contributed by atoms with Crippen molar-refractivity contribution in [2.24, 2.45) is 0 Å². The highest BCUT2D eigenvalue weighted by atomic mass is 16.5. The number of nitrogens with one attached hydrogen (secondary N) is 1. The molecule has 0 aliphatic heterocycles. The molecule has 1 aromatic heterocycles. The van der Waals surface area contributed by atoms with Crippen LogP contribution in [-0.4, -0.2) is 24.0 Å². The van der Waals surface area contributed by atoms with Crippen LogP contribution in [0.15, 0.2) is 73.1 Å². The Labute approximate surface area is 168 Å². The van der Waals surface area contributed by atoms with Gasteiger partial charge in [0.2, 0.25) is 5.91 Å². The number of aryl methyl sites for hydroxylation is 1. The number of hydrogen-bond acceptors (Lipinski definition) is 5. The van der Waals surface area contributed by atoms with E-state index < -0.39 is 5.97 Å². The molecule has 1 N–H and O–H groups in total. The molecule has 29 heavy (non-hydrogen) atoms. The summed E-state index contributed by atoms with van der Waals surface area (Å²) in [6, 6.07) is 15.8. The molecule has 0 radical (unpaired) electrons. The van der Waals surface area contributed by atoms with E-state index in [1.807, 2.05) is 19.1 Å². The zero-order valence-electron chi connectivity index (χ0n) is 16.1. The molecule has 0 saturated heterocycles. The second-order valence-electron chi connectivity index (χ2n) is 6.21. The van der Waals surface area contributed by atoms with Gasteiger partial charge in [0.15, 0.2) is 0 Å². The molecular weight excluding hydrogens is 368 g/mol. The molecule has 1 amide bonds. The summed E-state index contributed by atoms with van der Waals surface area (Å²) in [5.41, 5.74) is 2.80. The SMILES string of the molecule is COC(=O)c1ccc(C=CC(=O)Nc2ccc(Oc3cccnc3)c(C)c2)cc1. The van der Waals surface area contributed by atoms with Crippen LogP contribution < -0.4 is 10.1 Å². The van der Waals surface area contributed by atoms with E-state index >= 15 is 0 Å². The largest absolute Gasteiger partial charge is 0.465 e. The summed E-state index contributed by atoms with van der Waals surface area (Å²) in [7, 11) is 1.33. The van der Waals surface area contributed by atoms with Gasteiger partial charge < -0.3 is 14.8 Å². The maximum atomic E-state index is 12.2. The molecule has 146 valence electrons. The second-order valence-corrected chi connectivity index (χ2v) is 6.21. The van der Waals surface area contributed by atoms with Crippen LogP contribution in [0.2, 0.25) is 0 Å². The first-order valence-electron chi connectivity index (χ1n) is 8.91. The number of benzene rings is 2. The van der Waals surface area contributed by atoms with Gasteiger partial charge in [0, 0.05) is 18.0 Å². The number of carbonyl (C=O) groups is 2. The number of nitrogens with zero attached hydrogens (tertiary/aromatic N) is 1. The number of pyridine rings is 1. The average Bonchev–Trinajstić information content (AvgIpc) is 2.75. The van der Waals surface area contributed by atoms with Gasteiger partial charge >= 0.3 is 5.97 Å². The van der Waals surface area contributed by atoms with Crippen molar-refractivity contribution in [1.82, 2.24) is 4.98 Å². The maximum absolute atomic E-state index is 12.2. The number of carbonyl (C=O) groups excluding carboxylic acids is 2. The minimum absolute atomic E-state index is 0.262. The molecule has 1 heterocycles. The van der Waals surface area contributed by atoms with Crippen molar-refractivity contribution in [2.45, 2.75) is 6.92 Å². The fourth-order valence-corrected chi connectivity index (χ4v) is 2.58. The summed E-state index contributed by atoms with van der Waals surface area (Å²) >= 11 is 0. The van der Waals surface area contributed by atoms with Gasteiger partial charge in [-0.1, -0.05) is 12.1 Å². The molecule has 3 aromatic rings. The average molecular weight is 388 g/mol. The van der Waals surface area contributed by atoms with Crippen LogP contribution in [0.5, 0.6) is 11.5 Å². The van der Waals surface area contributed by atoms with Gasteiger partial charge in [-0.25, -0.2) is 4.79 Å². The normalized spacial score (nSPS) is 10.6. The Morgan fingerprint density at radius 1 is 1.07 bits per heavy atom. The van der Waals surface area contributed by atoms with Crippen molar-refractivity contribution < 1.29 is 19.1 Å². The zero-order valence-corrected chi connectivity index (χ0v) is 16.1. The summed E-state index contributed by atoms with van der Waals surface area (Å²) < 4.78 is 10.4. The minimum atomic E-state index is -0.399. The van der Waals surface area contributed by atoms with Crippen molar-refractivity contribution in [3.8, 4) is 11.5 Å². The van der Waals surface area contributed by atoms with Crippen LogP contribution in [0, 0.1) is 6.92 Å². The molecule has 6 nitrogen and oxygen atoms in total. The lowest BCUT2D eigenvalue weighted by atomic mass is 10.1. The molecule has 0 saturated carbocycles. The Morgan fingerprint density at radius 2 is 1.86 bits per heavy atom. The van der Waals surface area contributed by atoms with Crippen LogP contribution in [0.1, 0.15) is 21.5 Å². The van der Waals surface area contributed by atoms with Crippen molar-refractivity contribution in [3.63, 3.8) is 0 Å². The standard InChI is InChI=1S/C23H20N2O4/c1-16-14-19(10-11-21(16)29-20-4-3-13-24-15-20)25-22(26)12-7-17-5-8-18(9-6-17)23(27)28-2/h3-15H,1-2H3,(H,25,26). The first-order valence-corrected chi connectivity index (χ1v) is 8.91. The summed E-state index contributed by atoms with van der Waals surface area (Å²) in [4.78, 5) is 27.6. The van der Waals surface area contributed by atoms with Gasteiger partial charge in [-0.2, -0.15) is 0 Å². The van der Waals surface area contributed by atoms with Crippen LogP contribution >= 0.6 is 0 Å². The molecular formula is C23H20N2O4. The number of rotatable bonds is 6. The first-order chi connectivity index (χ1) is 14.0. The molecule has 0 bridgehead atoms. The van der Waals surface area contributed by atoms with Crippen molar-refractivity contribution in [3.05, 3.63) is 89.8 Å². The third-order valence-corrected chi connectivity index (χ3v) is 4.06. The number of anilines is 1. The van der Waals surface area contributed by atoms with Gasteiger partial charge in [0.05, 0.1) is 18.9 Å². The second kappa shape index (κ2) is 9.32. The quantitative estimate of drug-likeness (QED) is 0.492. The van der Waals surface area contributed by atoms with E-state index in [2.05, 4.69) is 15.0 Å². The summed E-state index contributed by atoms with van der Waals surface area (Å²) in [6.45, 7) is 1.90. The fourth-order valence-electron chi connectivity index (χ4n) is 2.58. The molecule has 0 unspecified atom stereocenters. The lowest BCUT2D eigenvalue weighted by Gasteiger charge is -2.10. The van der Waals surface area contributed by atoms with Crippen LogP contribution in [0.25, 0.3) is 6.08 Å². The van der Waals surface area contributed by atoms with E-state index in [-0.39, 0.29) is 5.91 Å². The first kappa shape index (κ1) is 19.8. The molecule has 6 heteroatoms.